The lowest BCUT2D eigenvalue weighted by Gasteiger charge is -2.26. The summed E-state index contributed by atoms with van der Waals surface area (Å²) in [5, 5.41) is 9.26. The summed E-state index contributed by atoms with van der Waals surface area (Å²) in [5.41, 5.74) is 1.12. The Balaban J connectivity index is 1.96. The number of aliphatic carboxylic acids is 1. The number of ether oxygens (including phenoxy) is 1. The fourth-order valence-electron chi connectivity index (χ4n) is 2.53. The average Bonchev–Trinajstić information content (AvgIpc) is 2.72. The Morgan fingerprint density at radius 3 is 2.62 bits per heavy atom. The maximum absolute atomic E-state index is 12.2. The first-order valence-electron chi connectivity index (χ1n) is 7.29. The second-order valence-electron chi connectivity index (χ2n) is 5.39. The number of carboxylic acids is 1. The van der Waals surface area contributed by atoms with Gasteiger partial charge in [-0.25, -0.2) is 4.79 Å². The zero-order chi connectivity index (χ0) is 15.2. The highest BCUT2D eigenvalue weighted by molar-refractivity contribution is 5.84. The number of carbonyl (C=O) groups is 2. The summed E-state index contributed by atoms with van der Waals surface area (Å²) in [6, 6.07) is 6.71. The summed E-state index contributed by atoms with van der Waals surface area (Å²) >= 11 is 0. The van der Waals surface area contributed by atoms with Crippen molar-refractivity contribution in [2.24, 2.45) is 0 Å². The average molecular weight is 291 g/mol. The van der Waals surface area contributed by atoms with Gasteiger partial charge in [-0.05, 0) is 31.9 Å². The SMILES string of the molecule is Cc1ccc(OCC(=O)N2CCCCCC2C(=O)O)cc1. The van der Waals surface area contributed by atoms with Crippen molar-refractivity contribution >= 4 is 11.9 Å². The lowest BCUT2D eigenvalue weighted by molar-refractivity contribution is -0.151. The number of hydrogen-bond acceptors (Lipinski definition) is 3. The molecule has 1 aliphatic heterocycles. The van der Waals surface area contributed by atoms with E-state index in [4.69, 9.17) is 4.74 Å². The van der Waals surface area contributed by atoms with Gasteiger partial charge in [0.1, 0.15) is 11.8 Å². The zero-order valence-electron chi connectivity index (χ0n) is 12.2. The molecule has 1 unspecified atom stereocenters. The van der Waals surface area contributed by atoms with Crippen molar-refractivity contribution in [3.05, 3.63) is 29.8 Å². The summed E-state index contributed by atoms with van der Waals surface area (Å²) in [4.78, 5) is 25.0. The Morgan fingerprint density at radius 2 is 1.95 bits per heavy atom. The third-order valence-electron chi connectivity index (χ3n) is 3.74. The number of amides is 1. The van der Waals surface area contributed by atoms with Crippen molar-refractivity contribution < 1.29 is 19.4 Å². The van der Waals surface area contributed by atoms with E-state index in [0.717, 1.165) is 24.8 Å². The molecule has 1 atom stereocenters. The van der Waals surface area contributed by atoms with Crippen molar-refractivity contribution in [2.45, 2.75) is 38.6 Å². The molecular formula is C16H21NO4. The summed E-state index contributed by atoms with van der Waals surface area (Å²) in [6.07, 6.45) is 3.18. The van der Waals surface area contributed by atoms with E-state index < -0.39 is 12.0 Å². The van der Waals surface area contributed by atoms with Gasteiger partial charge in [0.15, 0.2) is 6.61 Å². The van der Waals surface area contributed by atoms with Crippen LogP contribution in [0.2, 0.25) is 0 Å². The summed E-state index contributed by atoms with van der Waals surface area (Å²) in [6.45, 7) is 2.35. The van der Waals surface area contributed by atoms with Gasteiger partial charge in [-0.2, -0.15) is 0 Å². The molecule has 5 heteroatoms. The van der Waals surface area contributed by atoms with Crippen LogP contribution >= 0.6 is 0 Å². The van der Waals surface area contributed by atoms with E-state index in [2.05, 4.69) is 0 Å². The van der Waals surface area contributed by atoms with Gasteiger partial charge in [-0.15, -0.1) is 0 Å². The van der Waals surface area contributed by atoms with Crippen LogP contribution in [-0.2, 0) is 9.59 Å². The Hall–Kier alpha value is -2.04. The van der Waals surface area contributed by atoms with E-state index >= 15 is 0 Å². The summed E-state index contributed by atoms with van der Waals surface area (Å²) < 4.78 is 5.46. The maximum Gasteiger partial charge on any atom is 0.326 e. The highest BCUT2D eigenvalue weighted by Crippen LogP contribution is 2.18. The van der Waals surface area contributed by atoms with Crippen LogP contribution in [-0.4, -0.2) is 41.1 Å². The topological polar surface area (TPSA) is 66.8 Å². The van der Waals surface area contributed by atoms with Gasteiger partial charge in [0.05, 0.1) is 0 Å². The second kappa shape index (κ2) is 7.11. The molecule has 5 nitrogen and oxygen atoms in total. The van der Waals surface area contributed by atoms with Gasteiger partial charge in [0.2, 0.25) is 0 Å². The van der Waals surface area contributed by atoms with Crippen molar-refractivity contribution in [1.29, 1.82) is 0 Å². The Kier molecular flexibility index (Phi) is 5.20. The van der Waals surface area contributed by atoms with E-state index in [1.54, 1.807) is 12.1 Å². The third-order valence-corrected chi connectivity index (χ3v) is 3.74. The van der Waals surface area contributed by atoms with Gasteiger partial charge in [0.25, 0.3) is 5.91 Å². The van der Waals surface area contributed by atoms with Crippen LogP contribution in [0, 0.1) is 6.92 Å². The lowest BCUT2D eigenvalue weighted by Crippen LogP contribution is -2.46. The van der Waals surface area contributed by atoms with Crippen molar-refractivity contribution in [3.63, 3.8) is 0 Å². The first kappa shape index (κ1) is 15.4. The molecule has 1 aliphatic rings. The number of carboxylic acid groups (broad SMARTS) is 1. The van der Waals surface area contributed by atoms with E-state index in [1.807, 2.05) is 19.1 Å². The van der Waals surface area contributed by atoms with Crippen LogP contribution < -0.4 is 4.74 Å². The molecule has 1 N–H and O–H groups in total. The van der Waals surface area contributed by atoms with E-state index in [0.29, 0.717) is 18.7 Å². The predicted molar refractivity (Wildman–Crippen MR) is 78.3 cm³/mol. The standard InChI is InChI=1S/C16H21NO4/c1-12-6-8-13(9-7-12)21-11-15(18)17-10-4-2-3-5-14(17)16(19)20/h6-9,14H,2-5,10-11H2,1H3,(H,19,20). The quantitative estimate of drug-likeness (QED) is 0.923. The van der Waals surface area contributed by atoms with Crippen LogP contribution in [0.15, 0.2) is 24.3 Å². The van der Waals surface area contributed by atoms with E-state index in [9.17, 15) is 14.7 Å². The minimum atomic E-state index is -0.930. The molecule has 114 valence electrons. The van der Waals surface area contributed by atoms with Crippen molar-refractivity contribution in [3.8, 4) is 5.75 Å². The Bertz CT molecular complexity index is 498. The molecule has 1 heterocycles. The number of hydrogen-bond donors (Lipinski definition) is 1. The van der Waals surface area contributed by atoms with Crippen molar-refractivity contribution in [1.82, 2.24) is 4.90 Å². The second-order valence-corrected chi connectivity index (χ2v) is 5.39. The van der Waals surface area contributed by atoms with Crippen LogP contribution in [0.25, 0.3) is 0 Å². The van der Waals surface area contributed by atoms with Crippen LogP contribution in [0.1, 0.15) is 31.2 Å². The molecule has 1 aromatic rings. The normalized spacial score (nSPS) is 18.9. The maximum atomic E-state index is 12.2. The molecule has 0 saturated carbocycles. The lowest BCUT2D eigenvalue weighted by atomic mass is 10.1. The Morgan fingerprint density at radius 1 is 1.24 bits per heavy atom. The molecule has 0 spiro atoms. The highest BCUT2D eigenvalue weighted by atomic mass is 16.5. The predicted octanol–water partition coefficient (Wildman–Crippen LogP) is 2.23. The zero-order valence-corrected chi connectivity index (χ0v) is 12.2. The number of benzene rings is 1. The number of rotatable bonds is 4. The van der Waals surface area contributed by atoms with Gasteiger partial charge in [-0.1, -0.05) is 30.5 Å². The summed E-state index contributed by atoms with van der Waals surface area (Å²) in [7, 11) is 0. The fraction of sp³-hybridized carbons (Fsp3) is 0.500. The van der Waals surface area contributed by atoms with Gasteiger partial charge >= 0.3 is 5.97 Å². The number of likely N-dealkylation sites (tertiary alicyclic amines) is 1. The molecule has 0 aromatic heterocycles. The van der Waals surface area contributed by atoms with E-state index in [-0.39, 0.29) is 12.5 Å². The molecule has 0 radical (unpaired) electrons. The molecule has 2 rings (SSSR count). The molecule has 1 saturated heterocycles. The molecule has 0 bridgehead atoms. The van der Waals surface area contributed by atoms with Gasteiger partial charge < -0.3 is 14.7 Å². The van der Waals surface area contributed by atoms with Crippen LogP contribution in [0.4, 0.5) is 0 Å². The monoisotopic (exact) mass is 291 g/mol. The van der Waals surface area contributed by atoms with Crippen molar-refractivity contribution in [2.75, 3.05) is 13.2 Å². The number of aryl methyl sites for hydroxylation is 1. The van der Waals surface area contributed by atoms with Crippen LogP contribution in [0.3, 0.4) is 0 Å². The molecule has 21 heavy (non-hydrogen) atoms. The van der Waals surface area contributed by atoms with E-state index in [1.165, 1.54) is 4.90 Å². The van der Waals surface area contributed by atoms with Gasteiger partial charge in [-0.3, -0.25) is 4.79 Å². The fourth-order valence-corrected chi connectivity index (χ4v) is 2.53. The first-order valence-corrected chi connectivity index (χ1v) is 7.29. The third kappa shape index (κ3) is 4.21. The number of carbonyl (C=O) groups excluding carboxylic acids is 1. The minimum absolute atomic E-state index is 0.118. The summed E-state index contributed by atoms with van der Waals surface area (Å²) in [5.74, 6) is -0.568. The molecule has 1 fully saturated rings. The van der Waals surface area contributed by atoms with Crippen LogP contribution in [0.5, 0.6) is 5.75 Å². The highest BCUT2D eigenvalue weighted by Gasteiger charge is 2.30. The first-order chi connectivity index (χ1) is 10.1. The molecule has 1 amide bonds. The molecule has 0 aliphatic carbocycles. The minimum Gasteiger partial charge on any atom is -0.484 e. The largest absolute Gasteiger partial charge is 0.484 e. The Labute approximate surface area is 124 Å². The molecular weight excluding hydrogens is 270 g/mol. The number of nitrogens with zero attached hydrogens (tertiary/aromatic N) is 1. The van der Waals surface area contributed by atoms with Gasteiger partial charge in [0, 0.05) is 6.54 Å². The smallest absolute Gasteiger partial charge is 0.326 e. The molecule has 1 aromatic carbocycles.